The molecule has 0 aliphatic carbocycles. The van der Waals surface area contributed by atoms with Crippen LogP contribution in [0.15, 0.2) is 54.6 Å². The van der Waals surface area contributed by atoms with Crippen molar-refractivity contribution in [1.82, 2.24) is 5.32 Å². The molecule has 1 aromatic heterocycles. The number of carbonyl (C=O) groups excluding carboxylic acids is 1. The maximum absolute atomic E-state index is 13.1. The quantitative estimate of drug-likeness (QED) is 0.774. The molecule has 1 amide bonds. The van der Waals surface area contributed by atoms with Crippen molar-refractivity contribution in [3.05, 3.63) is 70.9 Å². The first-order chi connectivity index (χ1) is 10.6. The summed E-state index contributed by atoms with van der Waals surface area (Å²) in [7, 11) is 0. The number of carbonyl (C=O) groups is 1. The highest BCUT2D eigenvalue weighted by Crippen LogP contribution is 2.29. The van der Waals surface area contributed by atoms with Crippen LogP contribution in [0.3, 0.4) is 0 Å². The van der Waals surface area contributed by atoms with E-state index in [0.717, 1.165) is 15.0 Å². The second kappa shape index (κ2) is 6.25. The van der Waals surface area contributed by atoms with Gasteiger partial charge >= 0.3 is 0 Å². The lowest BCUT2D eigenvalue weighted by Crippen LogP contribution is -2.28. The first-order valence-corrected chi connectivity index (χ1v) is 7.65. The molecule has 0 aliphatic heterocycles. The molecular weight excluding hydrogens is 301 g/mol. The lowest BCUT2D eigenvalue weighted by atomic mass is 10.2. The first-order valence-electron chi connectivity index (χ1n) is 6.84. The van der Waals surface area contributed by atoms with Gasteiger partial charge in [0.15, 0.2) is 0 Å². The van der Waals surface area contributed by atoms with E-state index in [2.05, 4.69) is 5.32 Å². The van der Waals surface area contributed by atoms with E-state index in [1.54, 1.807) is 0 Å². The van der Waals surface area contributed by atoms with Crippen LogP contribution in [-0.2, 0) is 0 Å². The van der Waals surface area contributed by atoms with Crippen LogP contribution in [0, 0.1) is 5.82 Å². The Morgan fingerprint density at radius 3 is 2.77 bits per heavy atom. The number of fused-ring (bicyclic) bond motifs is 1. The summed E-state index contributed by atoms with van der Waals surface area (Å²) in [5, 5.41) is 13.9. The van der Waals surface area contributed by atoms with E-state index in [1.807, 2.05) is 30.3 Å². The van der Waals surface area contributed by atoms with Crippen molar-refractivity contribution >= 4 is 27.3 Å². The maximum Gasteiger partial charge on any atom is 0.251 e. The van der Waals surface area contributed by atoms with E-state index < -0.39 is 17.8 Å². The van der Waals surface area contributed by atoms with Gasteiger partial charge in [0.2, 0.25) is 0 Å². The van der Waals surface area contributed by atoms with E-state index in [0.29, 0.717) is 0 Å². The molecule has 0 spiro atoms. The van der Waals surface area contributed by atoms with Gasteiger partial charge in [-0.2, -0.15) is 0 Å². The molecule has 3 aromatic rings. The fourth-order valence-corrected chi connectivity index (χ4v) is 3.24. The Balaban J connectivity index is 1.66. The lowest BCUT2D eigenvalue weighted by Gasteiger charge is -2.10. The Labute approximate surface area is 131 Å². The van der Waals surface area contributed by atoms with Crippen LogP contribution in [0.25, 0.3) is 10.1 Å². The fraction of sp³-hybridized carbons (Fsp3) is 0.118. The third kappa shape index (κ3) is 3.16. The predicted octanol–water partition coefficient (Wildman–Crippen LogP) is 3.50. The molecule has 0 bridgehead atoms. The van der Waals surface area contributed by atoms with Gasteiger partial charge < -0.3 is 10.4 Å². The van der Waals surface area contributed by atoms with Crippen molar-refractivity contribution in [2.24, 2.45) is 0 Å². The third-order valence-electron chi connectivity index (χ3n) is 3.32. The maximum atomic E-state index is 13.1. The Kier molecular flexibility index (Phi) is 4.18. The predicted molar refractivity (Wildman–Crippen MR) is 85.5 cm³/mol. The average Bonchev–Trinajstić information content (AvgIpc) is 2.96. The van der Waals surface area contributed by atoms with Gasteiger partial charge in [0, 0.05) is 21.7 Å². The van der Waals surface area contributed by atoms with Crippen molar-refractivity contribution in [2.75, 3.05) is 6.54 Å². The first kappa shape index (κ1) is 14.7. The number of hydrogen-bond acceptors (Lipinski definition) is 3. The monoisotopic (exact) mass is 315 g/mol. The van der Waals surface area contributed by atoms with Crippen LogP contribution < -0.4 is 5.32 Å². The molecule has 5 heteroatoms. The molecule has 0 aliphatic rings. The normalized spacial score (nSPS) is 12.3. The zero-order chi connectivity index (χ0) is 15.5. The summed E-state index contributed by atoms with van der Waals surface area (Å²) in [6.07, 6.45) is -0.782. The molecule has 0 radical (unpaired) electrons. The zero-order valence-corrected chi connectivity index (χ0v) is 12.4. The van der Waals surface area contributed by atoms with Gasteiger partial charge in [-0.05, 0) is 35.7 Å². The zero-order valence-electron chi connectivity index (χ0n) is 11.6. The van der Waals surface area contributed by atoms with Crippen LogP contribution in [0.1, 0.15) is 21.3 Å². The molecule has 2 aromatic carbocycles. The summed E-state index contributed by atoms with van der Waals surface area (Å²) in [6.45, 7) is 0.0855. The highest BCUT2D eigenvalue weighted by molar-refractivity contribution is 7.19. The molecule has 0 saturated heterocycles. The van der Waals surface area contributed by atoms with Gasteiger partial charge in [0.25, 0.3) is 5.91 Å². The number of rotatable bonds is 4. The second-order valence-electron chi connectivity index (χ2n) is 4.92. The summed E-state index contributed by atoms with van der Waals surface area (Å²) in [5.41, 5.74) is 0.239. The Morgan fingerprint density at radius 2 is 2.00 bits per heavy atom. The van der Waals surface area contributed by atoms with Gasteiger partial charge in [-0.25, -0.2) is 4.39 Å². The second-order valence-corrected chi connectivity index (χ2v) is 6.04. The van der Waals surface area contributed by atoms with Crippen molar-refractivity contribution in [1.29, 1.82) is 0 Å². The van der Waals surface area contributed by atoms with E-state index in [9.17, 15) is 14.3 Å². The molecule has 3 rings (SSSR count). The molecule has 0 saturated carbocycles. The standard InChI is InChI=1S/C17H14FNO2S/c18-13-6-3-5-12(8-13)17(21)19-10-14(20)16-9-11-4-1-2-7-15(11)22-16/h1-9,14,20H,10H2,(H,19,21). The van der Waals surface area contributed by atoms with Gasteiger partial charge in [-0.3, -0.25) is 4.79 Å². The van der Waals surface area contributed by atoms with Gasteiger partial charge in [-0.1, -0.05) is 24.3 Å². The topological polar surface area (TPSA) is 49.3 Å². The summed E-state index contributed by atoms with van der Waals surface area (Å²) in [5.74, 6) is -0.864. The van der Waals surface area contributed by atoms with E-state index in [4.69, 9.17) is 0 Å². The highest BCUT2D eigenvalue weighted by atomic mass is 32.1. The van der Waals surface area contributed by atoms with Crippen LogP contribution in [0.2, 0.25) is 0 Å². The fourth-order valence-electron chi connectivity index (χ4n) is 2.19. The minimum absolute atomic E-state index is 0.0855. The average molecular weight is 315 g/mol. The summed E-state index contributed by atoms with van der Waals surface area (Å²) in [6, 6.07) is 15.2. The Bertz CT molecular complexity index is 782. The molecule has 1 unspecified atom stereocenters. The summed E-state index contributed by atoms with van der Waals surface area (Å²) in [4.78, 5) is 12.7. The van der Waals surface area contributed by atoms with Crippen molar-refractivity contribution in [3.8, 4) is 0 Å². The van der Waals surface area contributed by atoms with Crippen LogP contribution in [0.4, 0.5) is 4.39 Å². The van der Waals surface area contributed by atoms with E-state index >= 15 is 0 Å². The molecule has 2 N–H and O–H groups in total. The lowest BCUT2D eigenvalue weighted by molar-refractivity contribution is 0.0917. The van der Waals surface area contributed by atoms with Crippen LogP contribution in [0.5, 0.6) is 0 Å². The number of thiophene rings is 1. The van der Waals surface area contributed by atoms with Crippen molar-refractivity contribution < 1.29 is 14.3 Å². The smallest absolute Gasteiger partial charge is 0.251 e. The number of nitrogens with one attached hydrogen (secondary N) is 1. The van der Waals surface area contributed by atoms with Crippen molar-refractivity contribution in [2.45, 2.75) is 6.10 Å². The minimum atomic E-state index is -0.782. The molecular formula is C17H14FNO2S. The summed E-state index contributed by atoms with van der Waals surface area (Å²) < 4.78 is 14.2. The van der Waals surface area contributed by atoms with Gasteiger partial charge in [0.1, 0.15) is 11.9 Å². The van der Waals surface area contributed by atoms with E-state index in [-0.39, 0.29) is 12.1 Å². The highest BCUT2D eigenvalue weighted by Gasteiger charge is 2.13. The number of amides is 1. The minimum Gasteiger partial charge on any atom is -0.386 e. The number of benzene rings is 2. The van der Waals surface area contributed by atoms with E-state index in [1.165, 1.54) is 35.6 Å². The number of aliphatic hydroxyl groups is 1. The Morgan fingerprint density at radius 1 is 1.18 bits per heavy atom. The van der Waals surface area contributed by atoms with Gasteiger partial charge in [0.05, 0.1) is 0 Å². The largest absolute Gasteiger partial charge is 0.386 e. The van der Waals surface area contributed by atoms with Crippen molar-refractivity contribution in [3.63, 3.8) is 0 Å². The number of aliphatic hydroxyl groups excluding tert-OH is 1. The summed E-state index contributed by atoms with van der Waals surface area (Å²) >= 11 is 1.49. The van der Waals surface area contributed by atoms with Crippen LogP contribution >= 0.6 is 11.3 Å². The molecule has 1 atom stereocenters. The number of halogens is 1. The number of hydrogen-bond donors (Lipinski definition) is 2. The Hall–Kier alpha value is -2.24. The molecule has 112 valence electrons. The SMILES string of the molecule is O=C(NCC(O)c1cc2ccccc2s1)c1cccc(F)c1. The third-order valence-corrected chi connectivity index (χ3v) is 4.53. The van der Waals surface area contributed by atoms with Gasteiger partial charge in [-0.15, -0.1) is 11.3 Å². The van der Waals surface area contributed by atoms with Crippen LogP contribution in [-0.4, -0.2) is 17.6 Å². The molecule has 22 heavy (non-hydrogen) atoms. The molecule has 3 nitrogen and oxygen atoms in total. The molecule has 1 heterocycles. The molecule has 0 fully saturated rings.